The lowest BCUT2D eigenvalue weighted by Crippen LogP contribution is -2.31. The van der Waals surface area contributed by atoms with Gasteiger partial charge in [0, 0.05) is 5.46 Å². The third-order valence-corrected chi connectivity index (χ3v) is 2.70. The zero-order valence-corrected chi connectivity index (χ0v) is 10.8. The van der Waals surface area contributed by atoms with Gasteiger partial charge in [-0.05, 0) is 30.3 Å². The maximum absolute atomic E-state index is 11.9. The van der Waals surface area contributed by atoms with E-state index in [1.165, 1.54) is 25.3 Å². The van der Waals surface area contributed by atoms with Gasteiger partial charge in [0.05, 0.1) is 12.7 Å². The van der Waals surface area contributed by atoms with Crippen LogP contribution in [0.25, 0.3) is 0 Å². The first-order valence-corrected chi connectivity index (χ1v) is 5.93. The summed E-state index contributed by atoms with van der Waals surface area (Å²) >= 11 is 0. The van der Waals surface area contributed by atoms with Crippen LogP contribution in [0.15, 0.2) is 48.5 Å². The predicted molar refractivity (Wildman–Crippen MR) is 74.2 cm³/mol. The van der Waals surface area contributed by atoms with E-state index in [4.69, 9.17) is 9.47 Å². The van der Waals surface area contributed by atoms with Crippen LogP contribution in [0.4, 0.5) is 0 Å². The monoisotopic (exact) mass is 272 g/mol. The molecule has 0 radical (unpaired) electrons. The number of carbonyl (C=O) groups is 1. The minimum absolute atomic E-state index is 0.130. The largest absolute Gasteiger partial charge is 0.497 e. The maximum Gasteiger partial charge on any atom is 0.492 e. The number of benzene rings is 2. The summed E-state index contributed by atoms with van der Waals surface area (Å²) in [5, 5.41) is 18.5. The van der Waals surface area contributed by atoms with Crippen LogP contribution in [0.3, 0.4) is 0 Å². The average molecular weight is 272 g/mol. The smallest absolute Gasteiger partial charge is 0.492 e. The molecule has 0 atom stereocenters. The molecule has 6 heteroatoms. The first-order chi connectivity index (χ1) is 9.61. The molecule has 0 bridgehead atoms. The third kappa shape index (κ3) is 3.17. The molecule has 2 N–H and O–H groups in total. The first-order valence-electron chi connectivity index (χ1n) is 5.93. The van der Waals surface area contributed by atoms with E-state index in [-0.39, 0.29) is 11.2 Å². The topological polar surface area (TPSA) is 76.0 Å². The molecule has 0 heterocycles. The lowest BCUT2D eigenvalue weighted by atomic mass is 9.79. The van der Waals surface area contributed by atoms with Crippen LogP contribution in [-0.2, 0) is 0 Å². The Balaban J connectivity index is 2.22. The Hall–Kier alpha value is -2.31. The predicted octanol–water partition coefficient (Wildman–Crippen LogP) is 0.594. The van der Waals surface area contributed by atoms with Gasteiger partial charge < -0.3 is 19.5 Å². The maximum atomic E-state index is 11.9. The van der Waals surface area contributed by atoms with Crippen molar-refractivity contribution in [3.05, 3.63) is 54.1 Å². The van der Waals surface area contributed by atoms with Crippen molar-refractivity contribution in [1.29, 1.82) is 0 Å². The molecular weight excluding hydrogens is 259 g/mol. The second kappa shape index (κ2) is 6.23. The van der Waals surface area contributed by atoms with E-state index < -0.39 is 13.1 Å². The van der Waals surface area contributed by atoms with Crippen molar-refractivity contribution >= 4 is 18.6 Å². The molecule has 0 unspecified atom stereocenters. The fourth-order valence-electron chi connectivity index (χ4n) is 1.72. The number of ether oxygens (including phenoxy) is 2. The summed E-state index contributed by atoms with van der Waals surface area (Å²) < 4.78 is 10.2. The molecule has 0 fully saturated rings. The van der Waals surface area contributed by atoms with Crippen molar-refractivity contribution in [3.8, 4) is 11.5 Å². The summed E-state index contributed by atoms with van der Waals surface area (Å²) in [6, 6.07) is 12.9. The van der Waals surface area contributed by atoms with Crippen molar-refractivity contribution < 1.29 is 24.3 Å². The van der Waals surface area contributed by atoms with Gasteiger partial charge in [0.1, 0.15) is 11.5 Å². The van der Waals surface area contributed by atoms with Crippen LogP contribution in [0.1, 0.15) is 10.4 Å². The van der Waals surface area contributed by atoms with Gasteiger partial charge in [-0.25, -0.2) is 4.79 Å². The fraction of sp³-hybridized carbons (Fsp3) is 0.0714. The van der Waals surface area contributed by atoms with Gasteiger partial charge in [0.25, 0.3) is 0 Å². The highest BCUT2D eigenvalue weighted by Gasteiger charge is 2.19. The highest BCUT2D eigenvalue weighted by Crippen LogP contribution is 2.17. The Morgan fingerprint density at radius 3 is 2.40 bits per heavy atom. The highest BCUT2D eigenvalue weighted by atomic mass is 16.5. The Morgan fingerprint density at radius 2 is 1.80 bits per heavy atom. The molecule has 0 aromatic heterocycles. The summed E-state index contributed by atoms with van der Waals surface area (Å²) in [6.07, 6.45) is 0. The molecule has 0 aliphatic rings. The molecule has 0 amide bonds. The summed E-state index contributed by atoms with van der Waals surface area (Å²) in [5.41, 5.74) is 0.542. The van der Waals surface area contributed by atoms with Gasteiger partial charge >= 0.3 is 13.1 Å². The summed E-state index contributed by atoms with van der Waals surface area (Å²) in [6.45, 7) is 0. The third-order valence-electron chi connectivity index (χ3n) is 2.70. The van der Waals surface area contributed by atoms with E-state index in [0.717, 1.165) is 0 Å². The lowest BCUT2D eigenvalue weighted by Gasteiger charge is -2.10. The van der Waals surface area contributed by atoms with E-state index in [1.807, 2.05) is 0 Å². The minimum atomic E-state index is -1.71. The molecule has 0 spiro atoms. The quantitative estimate of drug-likeness (QED) is 0.484. The molecule has 102 valence electrons. The first kappa shape index (κ1) is 14.1. The number of hydrogen-bond acceptors (Lipinski definition) is 5. The van der Waals surface area contributed by atoms with Crippen molar-refractivity contribution in [2.24, 2.45) is 0 Å². The van der Waals surface area contributed by atoms with Crippen molar-refractivity contribution in [3.63, 3.8) is 0 Å². The Morgan fingerprint density at radius 1 is 1.10 bits per heavy atom. The van der Waals surface area contributed by atoms with E-state index >= 15 is 0 Å². The minimum Gasteiger partial charge on any atom is -0.497 e. The molecule has 2 aromatic rings. The molecule has 5 nitrogen and oxygen atoms in total. The second-order valence-corrected chi connectivity index (χ2v) is 4.03. The molecule has 0 aliphatic heterocycles. The van der Waals surface area contributed by atoms with Crippen LogP contribution >= 0.6 is 0 Å². The standard InChI is InChI=1S/C14H13BO5/c1-19-13-8-7-11(9-12(13)15(17)18)20-14(16)10-5-3-2-4-6-10/h2-9,17-18H,1H3. The Labute approximate surface area is 116 Å². The Bertz CT molecular complexity index is 598. The zero-order valence-electron chi connectivity index (χ0n) is 10.8. The molecular formula is C14H13BO5. The number of rotatable bonds is 4. The molecule has 2 aromatic carbocycles. The number of hydrogen-bond donors (Lipinski definition) is 2. The highest BCUT2D eigenvalue weighted by molar-refractivity contribution is 6.59. The van der Waals surface area contributed by atoms with Gasteiger partial charge in [-0.3, -0.25) is 0 Å². The molecule has 0 saturated carbocycles. The van der Waals surface area contributed by atoms with Crippen LogP contribution in [-0.4, -0.2) is 30.2 Å². The molecule has 2 rings (SSSR count). The zero-order chi connectivity index (χ0) is 14.5. The van der Waals surface area contributed by atoms with Crippen molar-refractivity contribution in [2.45, 2.75) is 0 Å². The Kier molecular flexibility index (Phi) is 4.39. The van der Waals surface area contributed by atoms with Crippen molar-refractivity contribution in [2.75, 3.05) is 7.11 Å². The SMILES string of the molecule is COc1ccc(OC(=O)c2ccccc2)cc1B(O)O. The fourth-order valence-corrected chi connectivity index (χ4v) is 1.72. The average Bonchev–Trinajstić information content (AvgIpc) is 2.48. The van der Waals surface area contributed by atoms with E-state index in [2.05, 4.69) is 0 Å². The molecule has 0 saturated heterocycles. The van der Waals surface area contributed by atoms with E-state index in [0.29, 0.717) is 11.3 Å². The van der Waals surface area contributed by atoms with E-state index in [1.54, 1.807) is 30.3 Å². The van der Waals surface area contributed by atoms with Crippen molar-refractivity contribution in [1.82, 2.24) is 0 Å². The van der Waals surface area contributed by atoms with Gasteiger partial charge in [-0.2, -0.15) is 0 Å². The van der Waals surface area contributed by atoms with Crippen LogP contribution in [0, 0.1) is 0 Å². The number of esters is 1. The van der Waals surface area contributed by atoms with Crippen LogP contribution in [0.5, 0.6) is 11.5 Å². The summed E-state index contributed by atoms with van der Waals surface area (Å²) in [7, 11) is -0.294. The molecule has 20 heavy (non-hydrogen) atoms. The normalized spacial score (nSPS) is 9.95. The van der Waals surface area contributed by atoms with Crippen LogP contribution < -0.4 is 14.9 Å². The van der Waals surface area contributed by atoms with Gasteiger partial charge in [0.15, 0.2) is 0 Å². The number of methoxy groups -OCH3 is 1. The summed E-state index contributed by atoms with van der Waals surface area (Å²) in [5.74, 6) is -0.00332. The number of carbonyl (C=O) groups excluding carboxylic acids is 1. The summed E-state index contributed by atoms with van der Waals surface area (Å²) in [4.78, 5) is 11.9. The molecule has 0 aliphatic carbocycles. The van der Waals surface area contributed by atoms with E-state index in [9.17, 15) is 14.8 Å². The second-order valence-electron chi connectivity index (χ2n) is 4.03. The van der Waals surface area contributed by atoms with Gasteiger partial charge in [0.2, 0.25) is 0 Å². The lowest BCUT2D eigenvalue weighted by molar-refractivity contribution is 0.0734. The van der Waals surface area contributed by atoms with Crippen LogP contribution in [0.2, 0.25) is 0 Å². The van der Waals surface area contributed by atoms with Gasteiger partial charge in [-0.1, -0.05) is 18.2 Å². The van der Waals surface area contributed by atoms with Gasteiger partial charge in [-0.15, -0.1) is 0 Å².